The number of fused-ring (bicyclic) bond motifs is 1. The van der Waals surface area contributed by atoms with Gasteiger partial charge in [0.25, 0.3) is 5.56 Å². The van der Waals surface area contributed by atoms with E-state index in [1.807, 2.05) is 4.90 Å². The van der Waals surface area contributed by atoms with Gasteiger partial charge in [-0.25, -0.2) is 9.18 Å². The van der Waals surface area contributed by atoms with Gasteiger partial charge in [0.05, 0.1) is 22.7 Å². The first-order chi connectivity index (χ1) is 13.8. The van der Waals surface area contributed by atoms with Crippen molar-refractivity contribution in [2.75, 3.05) is 30.4 Å². The first-order valence-corrected chi connectivity index (χ1v) is 10.1. The van der Waals surface area contributed by atoms with Gasteiger partial charge in [-0.2, -0.15) is 4.68 Å². The lowest BCUT2D eigenvalue weighted by Crippen LogP contribution is -2.45. The maximum absolute atomic E-state index is 15.1. The smallest absolute Gasteiger partial charge is 0.350 e. The molecule has 0 bridgehead atoms. The lowest BCUT2D eigenvalue weighted by atomic mass is 9.89. The quantitative estimate of drug-likeness (QED) is 0.628. The van der Waals surface area contributed by atoms with Crippen LogP contribution in [0.3, 0.4) is 0 Å². The summed E-state index contributed by atoms with van der Waals surface area (Å²) >= 11 is 0. The molecule has 4 N–H and O–H groups in total. The van der Waals surface area contributed by atoms with Crippen LogP contribution in [-0.4, -0.2) is 45.3 Å². The average molecular weight is 406 g/mol. The number of nitrogens with zero attached hydrogens (tertiary/aromatic N) is 3. The number of benzene rings is 1. The van der Waals surface area contributed by atoms with Gasteiger partial charge < -0.3 is 21.0 Å². The van der Waals surface area contributed by atoms with E-state index >= 15 is 4.39 Å². The van der Waals surface area contributed by atoms with E-state index < -0.39 is 23.2 Å². The van der Waals surface area contributed by atoms with Gasteiger partial charge in [0.15, 0.2) is 0 Å². The summed E-state index contributed by atoms with van der Waals surface area (Å²) in [5, 5.41) is 19.3. The number of rotatable bonds is 5. The predicted molar refractivity (Wildman–Crippen MR) is 108 cm³/mol. The molecule has 1 aromatic heterocycles. The maximum atomic E-state index is 15.1. The summed E-state index contributed by atoms with van der Waals surface area (Å²) in [5.74, 6) is 5.21. The summed E-state index contributed by atoms with van der Waals surface area (Å²) < 4.78 is 17.2. The zero-order chi connectivity index (χ0) is 20.9. The number of aryl methyl sites for hydroxylation is 1. The molecular weight excluding hydrogens is 379 g/mol. The molecule has 1 aliphatic carbocycles. The van der Waals surface area contributed by atoms with Crippen molar-refractivity contribution in [3.63, 3.8) is 0 Å². The number of nitrogen functional groups attached to an aromatic ring is 1. The largest absolute Gasteiger partial charge is 0.396 e. The highest BCUT2D eigenvalue weighted by Crippen LogP contribution is 2.39. The summed E-state index contributed by atoms with van der Waals surface area (Å²) in [7, 11) is 0. The standard InChI is InChI=1S/C20H27FN4O4/c1-11-17-14(19(28)25(22)20(29)24(17)13-2-3-13)10-15(21)18(11)23-7-4-12(5-8-23)16(27)6-9-26/h10,12-13,16,26-27H,2-9,22H2,1H3. The SMILES string of the molecule is Cc1c(N2CCC(C(O)CCO)CC2)c(F)cc2c(=O)n(N)c(=O)n(C3CC3)c12. The van der Waals surface area contributed by atoms with Gasteiger partial charge in [-0.3, -0.25) is 9.36 Å². The summed E-state index contributed by atoms with van der Waals surface area (Å²) in [5.41, 5.74) is 0.160. The van der Waals surface area contributed by atoms with E-state index in [1.165, 1.54) is 10.6 Å². The van der Waals surface area contributed by atoms with Crippen LogP contribution in [0.1, 0.15) is 43.7 Å². The highest BCUT2D eigenvalue weighted by atomic mass is 19.1. The van der Waals surface area contributed by atoms with E-state index in [1.54, 1.807) is 6.92 Å². The number of aliphatic hydroxyl groups excluding tert-OH is 2. The second kappa shape index (κ2) is 7.46. The second-order valence-electron chi connectivity index (χ2n) is 8.19. The van der Waals surface area contributed by atoms with Crippen LogP contribution in [0.15, 0.2) is 15.7 Å². The monoisotopic (exact) mass is 406 g/mol. The van der Waals surface area contributed by atoms with Crippen molar-refractivity contribution in [3.05, 3.63) is 38.3 Å². The van der Waals surface area contributed by atoms with Crippen LogP contribution in [0.2, 0.25) is 0 Å². The second-order valence-corrected chi connectivity index (χ2v) is 8.19. The molecule has 2 heterocycles. The van der Waals surface area contributed by atoms with Crippen molar-refractivity contribution in [3.8, 4) is 0 Å². The zero-order valence-electron chi connectivity index (χ0n) is 16.5. The fourth-order valence-corrected chi connectivity index (χ4v) is 4.59. The van der Waals surface area contributed by atoms with Crippen LogP contribution in [0.5, 0.6) is 0 Å². The highest BCUT2D eigenvalue weighted by molar-refractivity contribution is 5.87. The minimum atomic E-state index is -0.693. The Kier molecular flexibility index (Phi) is 5.12. The van der Waals surface area contributed by atoms with Gasteiger partial charge in [0.2, 0.25) is 0 Å². The molecule has 1 aliphatic heterocycles. The molecule has 1 saturated carbocycles. The van der Waals surface area contributed by atoms with Gasteiger partial charge in [-0.1, -0.05) is 0 Å². The maximum Gasteiger partial charge on any atom is 0.350 e. The third-order valence-corrected chi connectivity index (χ3v) is 6.30. The predicted octanol–water partition coefficient (Wildman–Crippen LogP) is 0.619. The van der Waals surface area contributed by atoms with E-state index in [9.17, 15) is 14.7 Å². The number of nitrogens with two attached hydrogens (primary N) is 1. The van der Waals surface area contributed by atoms with E-state index in [0.717, 1.165) is 12.8 Å². The van der Waals surface area contributed by atoms with E-state index in [4.69, 9.17) is 10.9 Å². The number of halogens is 1. The number of aliphatic hydroxyl groups is 2. The first kappa shape index (κ1) is 19.9. The van der Waals surface area contributed by atoms with Gasteiger partial charge in [-0.15, -0.1) is 0 Å². The van der Waals surface area contributed by atoms with E-state index in [2.05, 4.69) is 0 Å². The van der Waals surface area contributed by atoms with Crippen molar-refractivity contribution in [2.24, 2.45) is 5.92 Å². The topological polar surface area (TPSA) is 114 Å². The average Bonchev–Trinajstić information content (AvgIpc) is 3.53. The molecule has 0 radical (unpaired) electrons. The molecule has 0 spiro atoms. The summed E-state index contributed by atoms with van der Waals surface area (Å²) in [4.78, 5) is 27.1. The Labute approximate surface area is 166 Å². The molecule has 1 saturated heterocycles. The third kappa shape index (κ3) is 3.32. The molecule has 2 aromatic rings. The van der Waals surface area contributed by atoms with Crippen LogP contribution in [0, 0.1) is 18.7 Å². The summed E-state index contributed by atoms with van der Waals surface area (Å²) in [6.07, 6.45) is 2.79. The molecule has 29 heavy (non-hydrogen) atoms. The molecule has 1 unspecified atom stereocenters. The Morgan fingerprint density at radius 1 is 1.24 bits per heavy atom. The van der Waals surface area contributed by atoms with Crippen LogP contribution in [0.25, 0.3) is 10.9 Å². The van der Waals surface area contributed by atoms with Crippen molar-refractivity contribution in [2.45, 2.75) is 51.2 Å². The summed E-state index contributed by atoms with van der Waals surface area (Å²) in [6.45, 7) is 2.79. The van der Waals surface area contributed by atoms with Crippen LogP contribution in [0.4, 0.5) is 10.1 Å². The molecule has 158 valence electrons. The fourth-order valence-electron chi connectivity index (χ4n) is 4.59. The Bertz CT molecular complexity index is 1050. The van der Waals surface area contributed by atoms with Gasteiger partial charge >= 0.3 is 5.69 Å². The molecule has 8 nitrogen and oxygen atoms in total. The molecule has 1 atom stereocenters. The van der Waals surface area contributed by atoms with Gasteiger partial charge in [0.1, 0.15) is 5.82 Å². The lowest BCUT2D eigenvalue weighted by molar-refractivity contribution is 0.0670. The van der Waals surface area contributed by atoms with Gasteiger partial charge in [-0.05, 0) is 51.0 Å². The number of hydrogen-bond donors (Lipinski definition) is 3. The fraction of sp³-hybridized carbons (Fsp3) is 0.600. The molecule has 0 amide bonds. The summed E-state index contributed by atoms with van der Waals surface area (Å²) in [6, 6.07) is 1.17. The third-order valence-electron chi connectivity index (χ3n) is 6.30. The highest BCUT2D eigenvalue weighted by Gasteiger charge is 2.32. The molecular formula is C20H27FN4O4. The number of hydrogen-bond acceptors (Lipinski definition) is 6. The Morgan fingerprint density at radius 3 is 2.48 bits per heavy atom. The number of anilines is 1. The molecule has 1 aromatic carbocycles. The van der Waals surface area contributed by atoms with Crippen molar-refractivity contribution in [1.29, 1.82) is 0 Å². The Balaban J connectivity index is 1.77. The van der Waals surface area contributed by atoms with Crippen LogP contribution < -0.4 is 22.0 Å². The van der Waals surface area contributed by atoms with Crippen LogP contribution >= 0.6 is 0 Å². The number of aromatic nitrogens is 2. The van der Waals surface area contributed by atoms with E-state index in [-0.39, 0.29) is 24.0 Å². The van der Waals surface area contributed by atoms with Crippen molar-refractivity contribution >= 4 is 16.6 Å². The van der Waals surface area contributed by atoms with Crippen molar-refractivity contribution < 1.29 is 14.6 Å². The molecule has 9 heteroatoms. The van der Waals surface area contributed by atoms with Crippen molar-refractivity contribution in [1.82, 2.24) is 9.24 Å². The minimum Gasteiger partial charge on any atom is -0.396 e. The first-order valence-electron chi connectivity index (χ1n) is 10.1. The number of piperidine rings is 1. The minimum absolute atomic E-state index is 0.0169. The molecule has 2 aliphatic rings. The molecule has 4 rings (SSSR count). The Morgan fingerprint density at radius 2 is 1.90 bits per heavy atom. The Hall–Kier alpha value is -2.39. The van der Waals surface area contributed by atoms with Crippen LogP contribution in [-0.2, 0) is 0 Å². The zero-order valence-corrected chi connectivity index (χ0v) is 16.5. The van der Waals surface area contributed by atoms with Gasteiger partial charge in [0, 0.05) is 31.3 Å². The van der Waals surface area contributed by atoms with E-state index in [0.29, 0.717) is 53.8 Å². The molecule has 2 fully saturated rings. The lowest BCUT2D eigenvalue weighted by Gasteiger charge is -2.36. The normalized spacial score (nSPS) is 19.1.